The summed E-state index contributed by atoms with van der Waals surface area (Å²) in [5.41, 5.74) is 1.50. The zero-order chi connectivity index (χ0) is 18.0. The minimum absolute atomic E-state index is 0.260. The summed E-state index contributed by atoms with van der Waals surface area (Å²) in [7, 11) is 0. The third-order valence-corrected chi connectivity index (χ3v) is 18.5. The van der Waals surface area contributed by atoms with Crippen LogP contribution in [-0.2, 0) is 12.5 Å². The Bertz CT molecular complexity index is 368. The van der Waals surface area contributed by atoms with Gasteiger partial charge in [-0.25, -0.2) is 0 Å². The first-order valence-electron chi connectivity index (χ1n) is 10.8. The van der Waals surface area contributed by atoms with Crippen LogP contribution >= 0.6 is 0 Å². The number of hydrogen-bond acceptors (Lipinski definition) is 3. The van der Waals surface area contributed by atoms with Gasteiger partial charge in [-0.2, -0.15) is 0 Å². The maximum atomic E-state index is 6.79. The van der Waals surface area contributed by atoms with Crippen molar-refractivity contribution in [3.8, 4) is 0 Å². The zero-order valence-electron chi connectivity index (χ0n) is 16.9. The quantitative estimate of drug-likeness (QED) is 0.259. The van der Waals surface area contributed by atoms with E-state index in [2.05, 4.69) is 27.0 Å². The topological polar surface area (TPSA) is 27.7 Å². The molecule has 1 saturated heterocycles. The molecule has 0 N–H and O–H groups in total. The Morgan fingerprint density at radius 1 is 0.880 bits per heavy atom. The molecule has 0 bridgehead atoms. The van der Waals surface area contributed by atoms with Crippen LogP contribution in [0, 0.1) is 0 Å². The van der Waals surface area contributed by atoms with Crippen molar-refractivity contribution in [1.82, 2.24) is 0 Å². The molecular weight excluding hydrogens is 419 g/mol. The Hall–Kier alpha value is 0.259. The second kappa shape index (κ2) is 11.2. The van der Waals surface area contributed by atoms with Gasteiger partial charge in [-0.05, 0) is 0 Å². The number of allylic oxidation sites excluding steroid dienone is 1. The molecule has 2 aliphatic rings. The Labute approximate surface area is 160 Å². The number of unbranched alkanes of at least 4 members (excludes halogenated alkanes) is 3. The van der Waals surface area contributed by atoms with Crippen LogP contribution < -0.4 is 0 Å². The third kappa shape index (κ3) is 6.73. The molecule has 0 radical (unpaired) electrons. The van der Waals surface area contributed by atoms with Crippen molar-refractivity contribution in [2.45, 2.75) is 104 Å². The molecule has 1 aliphatic carbocycles. The molecule has 0 unspecified atom stereocenters. The van der Waals surface area contributed by atoms with E-state index in [1.54, 1.807) is 0 Å². The van der Waals surface area contributed by atoms with Crippen LogP contribution in [0.1, 0.15) is 85.0 Å². The summed E-state index contributed by atoms with van der Waals surface area (Å²) < 4.78 is 22.7. The third-order valence-electron chi connectivity index (χ3n) is 5.90. The van der Waals surface area contributed by atoms with Crippen molar-refractivity contribution >= 4 is 18.8 Å². The predicted molar refractivity (Wildman–Crippen MR) is 107 cm³/mol. The van der Waals surface area contributed by atoms with Crippen LogP contribution in [0.15, 0.2) is 11.8 Å². The standard InChI is InChI=1S/C9H14O3.3C4H9.Sn/c10-7-8-1-3-9(4-2-8)11-5-6-12-9;3*1-3-4-2;/h7,10H,1-6H2;3*1,3-4H2,2H3;/q;;;;+1/p-1. The maximum absolute atomic E-state index is 6.79. The molecule has 1 saturated carbocycles. The van der Waals surface area contributed by atoms with E-state index in [1.165, 1.54) is 57.4 Å². The molecular formula is C21H40O3Sn. The minimum atomic E-state index is -2.48. The average Bonchev–Trinajstić information content (AvgIpc) is 3.10. The van der Waals surface area contributed by atoms with Crippen molar-refractivity contribution in [2.24, 2.45) is 0 Å². The van der Waals surface area contributed by atoms with Gasteiger partial charge in [0.1, 0.15) is 0 Å². The molecule has 146 valence electrons. The summed E-state index contributed by atoms with van der Waals surface area (Å²) in [6.45, 7) is 8.48. The molecule has 0 aromatic rings. The molecule has 1 aliphatic heterocycles. The van der Waals surface area contributed by atoms with Gasteiger partial charge in [-0.1, -0.05) is 0 Å². The van der Waals surface area contributed by atoms with Gasteiger partial charge in [-0.3, -0.25) is 0 Å². The van der Waals surface area contributed by atoms with Gasteiger partial charge in [0, 0.05) is 0 Å². The van der Waals surface area contributed by atoms with E-state index in [1.807, 2.05) is 0 Å². The number of rotatable bonds is 11. The summed E-state index contributed by atoms with van der Waals surface area (Å²) in [6.07, 6.45) is 14.4. The molecule has 25 heavy (non-hydrogen) atoms. The first-order valence-corrected chi connectivity index (χ1v) is 18.0. The van der Waals surface area contributed by atoms with Crippen molar-refractivity contribution in [2.75, 3.05) is 13.2 Å². The molecule has 0 aromatic heterocycles. The van der Waals surface area contributed by atoms with Gasteiger partial charge in [0.05, 0.1) is 0 Å². The van der Waals surface area contributed by atoms with E-state index in [4.69, 9.17) is 12.5 Å². The van der Waals surface area contributed by atoms with Gasteiger partial charge in [-0.15, -0.1) is 0 Å². The van der Waals surface area contributed by atoms with E-state index in [0.29, 0.717) is 0 Å². The molecule has 3 nitrogen and oxygen atoms in total. The van der Waals surface area contributed by atoms with Crippen molar-refractivity contribution in [3.05, 3.63) is 11.8 Å². The zero-order valence-corrected chi connectivity index (χ0v) is 19.8. The summed E-state index contributed by atoms with van der Waals surface area (Å²) >= 11 is -2.48. The number of hydrogen-bond donors (Lipinski definition) is 0. The van der Waals surface area contributed by atoms with E-state index < -0.39 is 18.8 Å². The molecule has 0 aromatic carbocycles. The van der Waals surface area contributed by atoms with E-state index in [-0.39, 0.29) is 5.79 Å². The normalized spacial score (nSPS) is 20.2. The van der Waals surface area contributed by atoms with Crippen LogP contribution in [0.3, 0.4) is 0 Å². The first-order chi connectivity index (χ1) is 12.2. The fraction of sp³-hybridized carbons (Fsp3) is 0.905. The summed E-state index contributed by atoms with van der Waals surface area (Å²) in [6, 6.07) is 0. The Balaban J connectivity index is 1.96. The monoisotopic (exact) mass is 460 g/mol. The summed E-state index contributed by atoms with van der Waals surface area (Å²) in [5.74, 6) is -0.260. The SMILES string of the molecule is CCC[CH2][Sn]([CH2]CCC)([CH2]CCC)[O]C=C1CCC2(CC1)OCCO2. The summed E-state index contributed by atoms with van der Waals surface area (Å²) in [5, 5.41) is 0. The van der Waals surface area contributed by atoms with Crippen LogP contribution in [0.25, 0.3) is 0 Å². The second-order valence-corrected chi connectivity index (χ2v) is 19.7. The average molecular weight is 459 g/mol. The molecule has 2 fully saturated rings. The van der Waals surface area contributed by atoms with E-state index >= 15 is 0 Å². The molecule has 1 spiro atoms. The fourth-order valence-corrected chi connectivity index (χ4v) is 17.0. The van der Waals surface area contributed by atoms with Gasteiger partial charge < -0.3 is 0 Å². The Morgan fingerprint density at radius 3 is 1.80 bits per heavy atom. The van der Waals surface area contributed by atoms with E-state index in [9.17, 15) is 0 Å². The van der Waals surface area contributed by atoms with Crippen molar-refractivity contribution < 1.29 is 12.5 Å². The molecule has 1 heterocycles. The Morgan fingerprint density at radius 2 is 1.36 bits per heavy atom. The predicted octanol–water partition coefficient (Wildman–Crippen LogP) is 6.55. The van der Waals surface area contributed by atoms with Crippen LogP contribution in [0.4, 0.5) is 0 Å². The van der Waals surface area contributed by atoms with Gasteiger partial charge in [0.15, 0.2) is 0 Å². The first kappa shape index (κ1) is 21.6. The second-order valence-electron chi connectivity index (χ2n) is 8.00. The summed E-state index contributed by atoms with van der Waals surface area (Å²) in [4.78, 5) is 0. The molecule has 4 heteroatoms. The van der Waals surface area contributed by atoms with Crippen molar-refractivity contribution in [1.29, 1.82) is 0 Å². The van der Waals surface area contributed by atoms with Gasteiger partial charge in [0.2, 0.25) is 0 Å². The molecule has 0 atom stereocenters. The Kier molecular flexibility index (Phi) is 9.64. The number of ether oxygens (including phenoxy) is 2. The van der Waals surface area contributed by atoms with Crippen LogP contribution in [0.2, 0.25) is 13.3 Å². The van der Waals surface area contributed by atoms with Crippen LogP contribution in [0.5, 0.6) is 0 Å². The fourth-order valence-electron chi connectivity index (χ4n) is 4.11. The van der Waals surface area contributed by atoms with Gasteiger partial charge >= 0.3 is 160 Å². The van der Waals surface area contributed by atoms with Crippen LogP contribution in [-0.4, -0.2) is 37.8 Å². The van der Waals surface area contributed by atoms with E-state index in [0.717, 1.165) is 38.9 Å². The van der Waals surface area contributed by atoms with Crippen molar-refractivity contribution in [3.63, 3.8) is 0 Å². The molecule has 0 amide bonds. The molecule has 2 rings (SSSR count). The van der Waals surface area contributed by atoms with Gasteiger partial charge in [0.25, 0.3) is 0 Å².